The zero-order chi connectivity index (χ0) is 15.4. The van der Waals surface area contributed by atoms with E-state index in [2.05, 4.69) is 5.32 Å². The van der Waals surface area contributed by atoms with Gasteiger partial charge in [-0.3, -0.25) is 19.3 Å². The number of amides is 3. The molecule has 1 fully saturated rings. The van der Waals surface area contributed by atoms with Crippen molar-refractivity contribution in [2.75, 3.05) is 17.6 Å². The monoisotopic (exact) mass is 289 g/mol. The van der Waals surface area contributed by atoms with E-state index < -0.39 is 0 Å². The van der Waals surface area contributed by atoms with Gasteiger partial charge in [0.25, 0.3) is 0 Å². The summed E-state index contributed by atoms with van der Waals surface area (Å²) in [5.41, 5.74) is 6.75. The second-order valence-corrected chi connectivity index (χ2v) is 5.34. The van der Waals surface area contributed by atoms with E-state index >= 15 is 0 Å². The minimum absolute atomic E-state index is 0.0696. The van der Waals surface area contributed by atoms with Gasteiger partial charge in [-0.1, -0.05) is 19.1 Å². The lowest BCUT2D eigenvalue weighted by Crippen LogP contribution is -2.44. The Labute approximate surface area is 123 Å². The van der Waals surface area contributed by atoms with Gasteiger partial charge in [-0.05, 0) is 18.1 Å². The van der Waals surface area contributed by atoms with Gasteiger partial charge in [0.05, 0.1) is 11.4 Å². The van der Waals surface area contributed by atoms with Crippen LogP contribution in [-0.2, 0) is 14.4 Å². The number of nitrogens with two attached hydrogens (primary N) is 1. The van der Waals surface area contributed by atoms with Crippen LogP contribution in [0.1, 0.15) is 26.2 Å². The number of piperidine rings is 1. The van der Waals surface area contributed by atoms with Crippen molar-refractivity contribution in [1.29, 1.82) is 0 Å². The lowest BCUT2D eigenvalue weighted by Gasteiger charge is -2.28. The van der Waals surface area contributed by atoms with Crippen molar-refractivity contribution < 1.29 is 14.4 Å². The molecular formula is C15H19N3O3. The molecule has 1 heterocycles. The molecule has 3 N–H and O–H groups in total. The Balaban J connectivity index is 1.88. The van der Waals surface area contributed by atoms with Crippen LogP contribution in [-0.4, -0.2) is 29.2 Å². The zero-order valence-corrected chi connectivity index (χ0v) is 12.0. The highest BCUT2D eigenvalue weighted by atomic mass is 16.2. The van der Waals surface area contributed by atoms with Gasteiger partial charge in [0, 0.05) is 25.8 Å². The van der Waals surface area contributed by atoms with Gasteiger partial charge in [-0.2, -0.15) is 0 Å². The molecule has 21 heavy (non-hydrogen) atoms. The van der Waals surface area contributed by atoms with Crippen LogP contribution in [0.15, 0.2) is 24.3 Å². The molecule has 0 radical (unpaired) electrons. The summed E-state index contributed by atoms with van der Waals surface area (Å²) in [7, 11) is 0. The summed E-state index contributed by atoms with van der Waals surface area (Å²) < 4.78 is 0. The average molecular weight is 289 g/mol. The van der Waals surface area contributed by atoms with E-state index in [-0.39, 0.29) is 36.6 Å². The van der Waals surface area contributed by atoms with E-state index in [1.165, 1.54) is 4.90 Å². The van der Waals surface area contributed by atoms with Crippen LogP contribution >= 0.6 is 0 Å². The molecule has 0 spiro atoms. The molecule has 3 amide bonds. The maximum Gasteiger partial charge on any atom is 0.229 e. The normalized spacial score (nSPS) is 16.1. The van der Waals surface area contributed by atoms with E-state index in [4.69, 9.17) is 5.73 Å². The van der Waals surface area contributed by atoms with Crippen LogP contribution < -0.4 is 11.1 Å². The SMILES string of the molecule is CC1CC(=O)N(CCC(=O)Nc2ccccc2N)C(=O)C1. The smallest absolute Gasteiger partial charge is 0.229 e. The zero-order valence-electron chi connectivity index (χ0n) is 12.0. The van der Waals surface area contributed by atoms with Crippen molar-refractivity contribution >= 4 is 29.1 Å². The van der Waals surface area contributed by atoms with Crippen molar-refractivity contribution in [3.63, 3.8) is 0 Å². The molecule has 1 aliphatic rings. The highest BCUT2D eigenvalue weighted by Gasteiger charge is 2.30. The molecule has 2 rings (SSSR count). The fraction of sp³-hybridized carbons (Fsp3) is 0.400. The molecule has 112 valence electrons. The number of rotatable bonds is 4. The second-order valence-electron chi connectivity index (χ2n) is 5.34. The Bertz CT molecular complexity index is 553. The van der Waals surface area contributed by atoms with Crippen LogP contribution in [0.5, 0.6) is 0 Å². The van der Waals surface area contributed by atoms with Gasteiger partial charge in [0.15, 0.2) is 0 Å². The quantitative estimate of drug-likeness (QED) is 0.647. The third-order valence-corrected chi connectivity index (χ3v) is 3.45. The molecule has 6 nitrogen and oxygen atoms in total. The van der Waals surface area contributed by atoms with E-state index in [0.29, 0.717) is 24.2 Å². The number of para-hydroxylation sites is 2. The Morgan fingerprint density at radius 1 is 1.29 bits per heavy atom. The highest BCUT2D eigenvalue weighted by molar-refractivity contribution is 5.99. The molecule has 1 saturated heterocycles. The van der Waals surface area contributed by atoms with Crippen molar-refractivity contribution in [1.82, 2.24) is 4.90 Å². The summed E-state index contributed by atoms with van der Waals surface area (Å²) >= 11 is 0. The fourth-order valence-electron chi connectivity index (χ4n) is 2.31. The molecule has 0 bridgehead atoms. The number of hydrogen-bond donors (Lipinski definition) is 2. The minimum Gasteiger partial charge on any atom is -0.397 e. The third kappa shape index (κ3) is 3.81. The maximum absolute atomic E-state index is 11.9. The first-order valence-electron chi connectivity index (χ1n) is 6.95. The number of nitrogens with zero attached hydrogens (tertiary/aromatic N) is 1. The van der Waals surface area contributed by atoms with Gasteiger partial charge in [0.2, 0.25) is 17.7 Å². The van der Waals surface area contributed by atoms with Crippen molar-refractivity contribution in [2.24, 2.45) is 5.92 Å². The fourth-order valence-corrected chi connectivity index (χ4v) is 2.31. The van der Waals surface area contributed by atoms with Crippen molar-refractivity contribution in [2.45, 2.75) is 26.2 Å². The van der Waals surface area contributed by atoms with Crippen LogP contribution in [0.3, 0.4) is 0 Å². The molecule has 1 aromatic rings. The Kier molecular flexibility index (Phi) is 4.57. The molecule has 6 heteroatoms. The second kappa shape index (κ2) is 6.39. The highest BCUT2D eigenvalue weighted by Crippen LogP contribution is 2.20. The first-order chi connectivity index (χ1) is 9.97. The summed E-state index contributed by atoms with van der Waals surface area (Å²) in [4.78, 5) is 36.6. The Hall–Kier alpha value is -2.37. The van der Waals surface area contributed by atoms with Gasteiger partial charge >= 0.3 is 0 Å². The molecule has 0 atom stereocenters. The molecule has 0 unspecified atom stereocenters. The summed E-state index contributed by atoms with van der Waals surface area (Å²) in [5, 5.41) is 2.68. The topological polar surface area (TPSA) is 92.5 Å². The number of anilines is 2. The van der Waals surface area contributed by atoms with E-state index in [1.807, 2.05) is 6.92 Å². The largest absolute Gasteiger partial charge is 0.397 e. The van der Waals surface area contributed by atoms with Gasteiger partial charge in [-0.25, -0.2) is 0 Å². The van der Waals surface area contributed by atoms with E-state index in [0.717, 1.165) is 0 Å². The van der Waals surface area contributed by atoms with Crippen molar-refractivity contribution in [3.05, 3.63) is 24.3 Å². The molecule has 0 aromatic heterocycles. The number of imide groups is 1. The predicted octanol–water partition coefficient (Wildman–Crippen LogP) is 1.38. The molecule has 1 aromatic carbocycles. The number of likely N-dealkylation sites (tertiary alicyclic amines) is 1. The first-order valence-corrected chi connectivity index (χ1v) is 6.95. The molecular weight excluding hydrogens is 270 g/mol. The number of nitrogens with one attached hydrogen (secondary N) is 1. The van der Waals surface area contributed by atoms with Crippen LogP contribution in [0.2, 0.25) is 0 Å². The van der Waals surface area contributed by atoms with Crippen LogP contribution in [0.4, 0.5) is 11.4 Å². The Morgan fingerprint density at radius 3 is 2.52 bits per heavy atom. The lowest BCUT2D eigenvalue weighted by atomic mass is 9.98. The number of benzene rings is 1. The summed E-state index contributed by atoms with van der Waals surface area (Å²) in [5.74, 6) is -0.595. The van der Waals surface area contributed by atoms with E-state index in [1.54, 1.807) is 24.3 Å². The van der Waals surface area contributed by atoms with Crippen molar-refractivity contribution in [3.8, 4) is 0 Å². The summed E-state index contributed by atoms with van der Waals surface area (Å²) in [6, 6.07) is 6.93. The average Bonchev–Trinajstić information content (AvgIpc) is 2.40. The standard InChI is InChI=1S/C15H19N3O3/c1-10-8-14(20)18(15(21)9-10)7-6-13(19)17-12-5-3-2-4-11(12)16/h2-5,10H,6-9,16H2,1H3,(H,17,19). The predicted molar refractivity (Wildman–Crippen MR) is 79.2 cm³/mol. The minimum atomic E-state index is -0.271. The van der Waals surface area contributed by atoms with Gasteiger partial charge < -0.3 is 11.1 Å². The number of carbonyl (C=O) groups is 3. The third-order valence-electron chi connectivity index (χ3n) is 3.45. The summed E-state index contributed by atoms with van der Waals surface area (Å²) in [6.45, 7) is 1.99. The summed E-state index contributed by atoms with van der Waals surface area (Å²) in [6.07, 6.45) is 0.790. The Morgan fingerprint density at radius 2 is 1.90 bits per heavy atom. The van der Waals surface area contributed by atoms with Crippen LogP contribution in [0, 0.1) is 5.92 Å². The van der Waals surface area contributed by atoms with Crippen LogP contribution in [0.25, 0.3) is 0 Å². The van der Waals surface area contributed by atoms with Gasteiger partial charge in [0.1, 0.15) is 0 Å². The lowest BCUT2D eigenvalue weighted by molar-refractivity contribution is -0.149. The molecule has 0 saturated carbocycles. The molecule has 0 aliphatic carbocycles. The first kappa shape index (κ1) is 15.0. The van der Waals surface area contributed by atoms with Gasteiger partial charge in [-0.15, -0.1) is 0 Å². The molecule has 1 aliphatic heterocycles. The number of carbonyl (C=O) groups excluding carboxylic acids is 3. The number of hydrogen-bond acceptors (Lipinski definition) is 4. The van der Waals surface area contributed by atoms with E-state index in [9.17, 15) is 14.4 Å². The number of nitrogen functional groups attached to an aromatic ring is 1. The maximum atomic E-state index is 11.9.